The fourth-order valence-corrected chi connectivity index (χ4v) is 2.74. The van der Waals surface area contributed by atoms with E-state index in [0.29, 0.717) is 22.5 Å². The topological polar surface area (TPSA) is 56.7 Å². The number of rotatable bonds is 4. The summed E-state index contributed by atoms with van der Waals surface area (Å²) in [5, 5.41) is 5.31. The summed E-state index contributed by atoms with van der Waals surface area (Å²) in [6.07, 6.45) is 3.65. The summed E-state index contributed by atoms with van der Waals surface area (Å²) < 4.78 is 7.06. The highest BCUT2D eigenvalue weighted by atomic mass is 35.5. The van der Waals surface area contributed by atoms with Crippen LogP contribution in [-0.4, -0.2) is 19.7 Å². The molecule has 0 unspecified atom stereocenters. The van der Waals surface area contributed by atoms with Crippen LogP contribution in [0, 0.1) is 6.92 Å². The first kappa shape index (κ1) is 13.2. The molecule has 0 saturated heterocycles. The number of halogens is 1. The van der Waals surface area contributed by atoms with E-state index in [9.17, 15) is 0 Å². The SMILES string of the molecule is Cc1noc(CSc2nccn2-c2cccc(Cl)c2)n1. The van der Waals surface area contributed by atoms with Crippen LogP contribution in [0.25, 0.3) is 5.69 Å². The van der Waals surface area contributed by atoms with Gasteiger partial charge in [-0.25, -0.2) is 4.98 Å². The Bertz CT molecular complexity index is 724. The van der Waals surface area contributed by atoms with E-state index >= 15 is 0 Å². The number of hydrogen-bond acceptors (Lipinski definition) is 5. The summed E-state index contributed by atoms with van der Waals surface area (Å²) in [5.74, 6) is 1.81. The Morgan fingerprint density at radius 1 is 1.40 bits per heavy atom. The number of imidazole rings is 1. The molecule has 0 N–H and O–H groups in total. The molecule has 5 nitrogen and oxygen atoms in total. The van der Waals surface area contributed by atoms with E-state index in [4.69, 9.17) is 16.1 Å². The molecule has 0 aliphatic carbocycles. The van der Waals surface area contributed by atoms with Gasteiger partial charge in [0.15, 0.2) is 11.0 Å². The average Bonchev–Trinajstić information content (AvgIpc) is 3.05. The van der Waals surface area contributed by atoms with Crippen molar-refractivity contribution in [1.29, 1.82) is 0 Å². The molecule has 0 bridgehead atoms. The summed E-state index contributed by atoms with van der Waals surface area (Å²) in [5.41, 5.74) is 0.971. The molecule has 1 aromatic carbocycles. The Hall–Kier alpha value is -1.79. The monoisotopic (exact) mass is 306 g/mol. The van der Waals surface area contributed by atoms with Gasteiger partial charge in [-0.05, 0) is 25.1 Å². The average molecular weight is 307 g/mol. The maximum absolute atomic E-state index is 6.02. The Balaban J connectivity index is 1.80. The lowest BCUT2D eigenvalue weighted by Gasteiger charge is -2.06. The molecular formula is C13H11ClN4OS. The molecule has 3 rings (SSSR count). The number of nitrogens with zero attached hydrogens (tertiary/aromatic N) is 4. The Morgan fingerprint density at radius 3 is 3.05 bits per heavy atom. The van der Waals surface area contributed by atoms with Gasteiger partial charge in [-0.1, -0.05) is 34.6 Å². The van der Waals surface area contributed by atoms with Gasteiger partial charge in [0.1, 0.15) is 0 Å². The maximum atomic E-state index is 6.02. The fraction of sp³-hybridized carbons (Fsp3) is 0.154. The van der Waals surface area contributed by atoms with Gasteiger partial charge in [-0.2, -0.15) is 4.98 Å². The number of thioether (sulfide) groups is 1. The van der Waals surface area contributed by atoms with Crippen molar-refractivity contribution >= 4 is 23.4 Å². The summed E-state index contributed by atoms with van der Waals surface area (Å²) in [7, 11) is 0. The highest BCUT2D eigenvalue weighted by molar-refractivity contribution is 7.98. The Labute approximate surface area is 125 Å². The van der Waals surface area contributed by atoms with Gasteiger partial charge < -0.3 is 4.52 Å². The van der Waals surface area contributed by atoms with Crippen LogP contribution in [-0.2, 0) is 5.75 Å². The molecule has 0 aliphatic rings. The van der Waals surface area contributed by atoms with Crippen LogP contribution in [0.4, 0.5) is 0 Å². The number of aryl methyl sites for hydroxylation is 1. The first-order valence-electron chi connectivity index (χ1n) is 5.93. The van der Waals surface area contributed by atoms with Crippen LogP contribution >= 0.6 is 23.4 Å². The molecule has 0 saturated carbocycles. The lowest BCUT2D eigenvalue weighted by atomic mass is 10.3. The van der Waals surface area contributed by atoms with Crippen molar-refractivity contribution in [2.45, 2.75) is 17.8 Å². The lowest BCUT2D eigenvalue weighted by Crippen LogP contribution is -1.95. The zero-order chi connectivity index (χ0) is 13.9. The van der Waals surface area contributed by atoms with Crippen molar-refractivity contribution in [3.05, 3.63) is 53.4 Å². The molecule has 0 aliphatic heterocycles. The molecule has 0 radical (unpaired) electrons. The van der Waals surface area contributed by atoms with Gasteiger partial charge >= 0.3 is 0 Å². The summed E-state index contributed by atoms with van der Waals surface area (Å²) >= 11 is 7.55. The second-order valence-electron chi connectivity index (χ2n) is 4.08. The van der Waals surface area contributed by atoms with Crippen molar-refractivity contribution in [2.24, 2.45) is 0 Å². The lowest BCUT2D eigenvalue weighted by molar-refractivity contribution is 0.387. The van der Waals surface area contributed by atoms with Gasteiger partial charge in [0.2, 0.25) is 5.89 Å². The molecule has 2 heterocycles. The Kier molecular flexibility index (Phi) is 3.75. The molecule has 0 fully saturated rings. The van der Waals surface area contributed by atoms with E-state index in [1.807, 2.05) is 35.0 Å². The number of benzene rings is 1. The van der Waals surface area contributed by atoms with Crippen molar-refractivity contribution in [1.82, 2.24) is 19.7 Å². The predicted molar refractivity (Wildman–Crippen MR) is 77.2 cm³/mol. The van der Waals surface area contributed by atoms with E-state index in [1.165, 1.54) is 11.8 Å². The molecule has 3 aromatic rings. The van der Waals surface area contributed by atoms with E-state index in [-0.39, 0.29) is 0 Å². The first-order chi connectivity index (χ1) is 9.72. The maximum Gasteiger partial charge on any atom is 0.237 e. The van der Waals surface area contributed by atoms with Gasteiger partial charge in [-0.3, -0.25) is 4.57 Å². The highest BCUT2D eigenvalue weighted by Gasteiger charge is 2.09. The van der Waals surface area contributed by atoms with Gasteiger partial charge in [-0.15, -0.1) is 0 Å². The number of hydrogen-bond donors (Lipinski definition) is 0. The third-order valence-corrected chi connectivity index (χ3v) is 3.77. The molecule has 2 aromatic heterocycles. The van der Waals surface area contributed by atoms with Gasteiger partial charge in [0, 0.05) is 23.1 Å². The van der Waals surface area contributed by atoms with Crippen molar-refractivity contribution in [2.75, 3.05) is 0 Å². The standard InChI is InChI=1S/C13H11ClN4OS/c1-9-16-12(19-17-9)8-20-13-15-5-6-18(13)11-4-2-3-10(14)7-11/h2-7H,8H2,1H3. The highest BCUT2D eigenvalue weighted by Crippen LogP contribution is 2.24. The minimum atomic E-state index is 0.582. The normalized spacial score (nSPS) is 10.9. The molecule has 0 amide bonds. The van der Waals surface area contributed by atoms with E-state index in [1.54, 1.807) is 13.1 Å². The van der Waals surface area contributed by atoms with Crippen LogP contribution < -0.4 is 0 Å². The third-order valence-electron chi connectivity index (χ3n) is 2.59. The van der Waals surface area contributed by atoms with Crippen LogP contribution in [0.5, 0.6) is 0 Å². The molecular weight excluding hydrogens is 296 g/mol. The second kappa shape index (κ2) is 5.68. The summed E-state index contributed by atoms with van der Waals surface area (Å²) in [4.78, 5) is 8.51. The van der Waals surface area contributed by atoms with Crippen molar-refractivity contribution in [3.8, 4) is 5.69 Å². The van der Waals surface area contributed by atoms with Gasteiger partial charge in [0.25, 0.3) is 0 Å². The zero-order valence-electron chi connectivity index (χ0n) is 10.7. The molecule has 0 atom stereocenters. The molecule has 0 spiro atoms. The van der Waals surface area contributed by atoms with E-state index in [2.05, 4.69) is 15.1 Å². The predicted octanol–water partition coefficient (Wildman–Crippen LogP) is 3.51. The summed E-state index contributed by atoms with van der Waals surface area (Å²) in [6.45, 7) is 1.80. The van der Waals surface area contributed by atoms with E-state index < -0.39 is 0 Å². The molecule has 20 heavy (non-hydrogen) atoms. The summed E-state index contributed by atoms with van der Waals surface area (Å²) in [6, 6.07) is 7.63. The van der Waals surface area contributed by atoms with Crippen molar-refractivity contribution < 1.29 is 4.52 Å². The minimum Gasteiger partial charge on any atom is -0.338 e. The molecule has 7 heteroatoms. The van der Waals surface area contributed by atoms with Crippen LogP contribution in [0.2, 0.25) is 5.02 Å². The van der Waals surface area contributed by atoms with Gasteiger partial charge in [0.05, 0.1) is 5.75 Å². The third kappa shape index (κ3) is 2.86. The largest absolute Gasteiger partial charge is 0.338 e. The van der Waals surface area contributed by atoms with Crippen LogP contribution in [0.3, 0.4) is 0 Å². The van der Waals surface area contributed by atoms with Crippen LogP contribution in [0.15, 0.2) is 46.3 Å². The first-order valence-corrected chi connectivity index (χ1v) is 7.30. The Morgan fingerprint density at radius 2 is 2.30 bits per heavy atom. The second-order valence-corrected chi connectivity index (χ2v) is 5.46. The zero-order valence-corrected chi connectivity index (χ0v) is 12.2. The number of aromatic nitrogens is 4. The van der Waals surface area contributed by atoms with Crippen LogP contribution in [0.1, 0.15) is 11.7 Å². The fourth-order valence-electron chi connectivity index (χ4n) is 1.74. The molecule has 102 valence electrons. The minimum absolute atomic E-state index is 0.582. The van der Waals surface area contributed by atoms with Crippen molar-refractivity contribution in [3.63, 3.8) is 0 Å². The quantitative estimate of drug-likeness (QED) is 0.690. The smallest absolute Gasteiger partial charge is 0.237 e. The van der Waals surface area contributed by atoms with E-state index in [0.717, 1.165) is 10.8 Å².